The molecule has 0 atom stereocenters. The second kappa shape index (κ2) is 3.66. The molecule has 0 unspecified atom stereocenters. The van der Waals surface area contributed by atoms with Gasteiger partial charge >= 0.3 is 0 Å². The second-order valence-corrected chi connectivity index (χ2v) is 2.87. The van der Waals surface area contributed by atoms with Crippen molar-refractivity contribution in [3.63, 3.8) is 0 Å². The molecule has 4 heteroatoms. The van der Waals surface area contributed by atoms with Gasteiger partial charge in [-0.15, -0.1) is 12.4 Å². The molecule has 0 fully saturated rings. The maximum absolute atomic E-state index is 11.0. The van der Waals surface area contributed by atoms with E-state index in [1.165, 1.54) is 0 Å². The highest BCUT2D eigenvalue weighted by Crippen LogP contribution is 2.24. The number of carbonyl (C=O) groups excluding carboxylic acids is 1. The monoisotopic (exact) mass is 198 g/mol. The van der Waals surface area contributed by atoms with Crippen molar-refractivity contribution >= 4 is 24.0 Å². The summed E-state index contributed by atoms with van der Waals surface area (Å²) in [5.74, 6) is -0.337. The first-order valence-electron chi connectivity index (χ1n) is 3.94. The van der Waals surface area contributed by atoms with Crippen LogP contribution in [0.15, 0.2) is 18.2 Å². The lowest BCUT2D eigenvalue weighted by atomic mass is 10.0. The van der Waals surface area contributed by atoms with Gasteiger partial charge in [0, 0.05) is 17.8 Å². The Balaban J connectivity index is 0.000000845. The van der Waals surface area contributed by atoms with Gasteiger partial charge in [0.1, 0.15) is 0 Å². The SMILES string of the molecule is Cl.NC(=O)c1cccc2c1CCN2. The molecule has 0 aliphatic carbocycles. The van der Waals surface area contributed by atoms with Crippen LogP contribution in [-0.4, -0.2) is 12.5 Å². The number of nitrogens with one attached hydrogen (secondary N) is 1. The second-order valence-electron chi connectivity index (χ2n) is 2.87. The summed E-state index contributed by atoms with van der Waals surface area (Å²) < 4.78 is 0. The molecule has 1 heterocycles. The summed E-state index contributed by atoms with van der Waals surface area (Å²) >= 11 is 0. The zero-order chi connectivity index (χ0) is 8.55. The van der Waals surface area contributed by atoms with Gasteiger partial charge in [-0.2, -0.15) is 0 Å². The van der Waals surface area contributed by atoms with Crippen LogP contribution in [0.3, 0.4) is 0 Å². The molecule has 1 aromatic carbocycles. The van der Waals surface area contributed by atoms with E-state index < -0.39 is 0 Å². The van der Waals surface area contributed by atoms with E-state index in [2.05, 4.69) is 5.32 Å². The van der Waals surface area contributed by atoms with Crippen molar-refractivity contribution in [3.8, 4) is 0 Å². The average Bonchev–Trinajstić information content (AvgIpc) is 2.49. The first-order valence-corrected chi connectivity index (χ1v) is 3.94. The maximum atomic E-state index is 11.0. The fourth-order valence-electron chi connectivity index (χ4n) is 1.57. The minimum atomic E-state index is -0.337. The van der Waals surface area contributed by atoms with Crippen molar-refractivity contribution in [3.05, 3.63) is 29.3 Å². The average molecular weight is 199 g/mol. The Morgan fingerprint density at radius 2 is 2.23 bits per heavy atom. The van der Waals surface area contributed by atoms with Crippen molar-refractivity contribution < 1.29 is 4.79 Å². The van der Waals surface area contributed by atoms with Gasteiger partial charge < -0.3 is 11.1 Å². The third-order valence-corrected chi connectivity index (χ3v) is 2.13. The largest absolute Gasteiger partial charge is 0.384 e. The molecule has 1 aliphatic rings. The van der Waals surface area contributed by atoms with Gasteiger partial charge in [-0.1, -0.05) is 6.07 Å². The highest BCUT2D eigenvalue weighted by atomic mass is 35.5. The Morgan fingerprint density at radius 3 is 2.92 bits per heavy atom. The lowest BCUT2D eigenvalue weighted by Gasteiger charge is -2.02. The van der Waals surface area contributed by atoms with Crippen LogP contribution in [0.5, 0.6) is 0 Å². The molecule has 1 aliphatic heterocycles. The molecule has 1 aromatic rings. The van der Waals surface area contributed by atoms with E-state index >= 15 is 0 Å². The number of halogens is 1. The third-order valence-electron chi connectivity index (χ3n) is 2.13. The van der Waals surface area contributed by atoms with Crippen LogP contribution in [0.1, 0.15) is 15.9 Å². The number of rotatable bonds is 1. The topological polar surface area (TPSA) is 55.1 Å². The summed E-state index contributed by atoms with van der Waals surface area (Å²) in [6.07, 6.45) is 0.897. The van der Waals surface area contributed by atoms with Gasteiger partial charge in [-0.05, 0) is 24.1 Å². The lowest BCUT2D eigenvalue weighted by Crippen LogP contribution is -2.12. The highest BCUT2D eigenvalue weighted by molar-refractivity contribution is 5.96. The van der Waals surface area contributed by atoms with E-state index in [4.69, 9.17) is 5.73 Å². The Labute approximate surface area is 82.7 Å². The molecule has 0 saturated heterocycles. The summed E-state index contributed by atoms with van der Waals surface area (Å²) in [4.78, 5) is 11.0. The Hall–Kier alpha value is -1.22. The summed E-state index contributed by atoms with van der Waals surface area (Å²) in [6.45, 7) is 0.902. The Kier molecular flexibility index (Phi) is 2.78. The van der Waals surface area contributed by atoms with Crippen LogP contribution in [0, 0.1) is 0 Å². The van der Waals surface area contributed by atoms with Crippen LogP contribution in [-0.2, 0) is 6.42 Å². The maximum Gasteiger partial charge on any atom is 0.249 e. The predicted octanol–water partition coefficient (Wildman–Crippen LogP) is 1.18. The zero-order valence-corrected chi connectivity index (χ0v) is 7.86. The van der Waals surface area contributed by atoms with E-state index in [9.17, 15) is 4.79 Å². The summed E-state index contributed by atoms with van der Waals surface area (Å²) in [5.41, 5.74) is 7.98. The summed E-state index contributed by atoms with van der Waals surface area (Å²) in [5, 5.41) is 3.19. The number of hydrogen-bond acceptors (Lipinski definition) is 2. The minimum absolute atomic E-state index is 0. The molecule has 13 heavy (non-hydrogen) atoms. The van der Waals surface area contributed by atoms with Crippen LogP contribution >= 0.6 is 12.4 Å². The molecule has 1 amide bonds. The smallest absolute Gasteiger partial charge is 0.249 e. The molecule has 0 saturated carbocycles. The van der Waals surface area contributed by atoms with E-state index in [0.29, 0.717) is 5.56 Å². The number of hydrogen-bond donors (Lipinski definition) is 2. The van der Waals surface area contributed by atoms with Crippen molar-refractivity contribution in [2.24, 2.45) is 5.73 Å². The highest BCUT2D eigenvalue weighted by Gasteiger charge is 2.15. The van der Waals surface area contributed by atoms with Gasteiger partial charge in [0.2, 0.25) is 5.91 Å². The Bertz CT molecular complexity index is 338. The van der Waals surface area contributed by atoms with E-state index in [-0.39, 0.29) is 18.3 Å². The molecule has 3 N–H and O–H groups in total. The number of benzene rings is 1. The molecule has 0 bridgehead atoms. The fourth-order valence-corrected chi connectivity index (χ4v) is 1.57. The van der Waals surface area contributed by atoms with Gasteiger partial charge in [0.05, 0.1) is 0 Å². The summed E-state index contributed by atoms with van der Waals surface area (Å²) in [7, 11) is 0. The molecule has 70 valence electrons. The number of primary amides is 1. The Morgan fingerprint density at radius 1 is 1.46 bits per heavy atom. The molecule has 0 aromatic heterocycles. The van der Waals surface area contributed by atoms with Crippen LogP contribution in [0.4, 0.5) is 5.69 Å². The zero-order valence-electron chi connectivity index (χ0n) is 7.04. The first-order chi connectivity index (χ1) is 5.79. The standard InChI is InChI=1S/C9H10N2O.ClH/c10-9(12)7-2-1-3-8-6(7)4-5-11-8;/h1-3,11H,4-5H2,(H2,10,12);1H. The molecular weight excluding hydrogens is 188 g/mol. The number of carbonyl (C=O) groups is 1. The predicted molar refractivity (Wildman–Crippen MR) is 54.4 cm³/mol. The van der Waals surface area contributed by atoms with Gasteiger partial charge in [0.25, 0.3) is 0 Å². The normalized spacial score (nSPS) is 12.6. The third kappa shape index (κ3) is 1.60. The quantitative estimate of drug-likeness (QED) is 0.712. The number of fused-ring (bicyclic) bond motifs is 1. The summed E-state index contributed by atoms with van der Waals surface area (Å²) in [6, 6.07) is 5.58. The van der Waals surface area contributed by atoms with Gasteiger partial charge in [-0.25, -0.2) is 0 Å². The van der Waals surface area contributed by atoms with Crippen molar-refractivity contribution in [2.45, 2.75) is 6.42 Å². The van der Waals surface area contributed by atoms with Crippen LogP contribution in [0.2, 0.25) is 0 Å². The van der Waals surface area contributed by atoms with Gasteiger partial charge in [-0.3, -0.25) is 4.79 Å². The lowest BCUT2D eigenvalue weighted by molar-refractivity contribution is 0.0999. The fraction of sp³-hybridized carbons (Fsp3) is 0.222. The molecule has 2 rings (SSSR count). The van der Waals surface area contributed by atoms with Crippen molar-refractivity contribution in [2.75, 3.05) is 11.9 Å². The van der Waals surface area contributed by atoms with E-state index in [0.717, 1.165) is 24.2 Å². The van der Waals surface area contributed by atoms with Crippen LogP contribution < -0.4 is 11.1 Å². The van der Waals surface area contributed by atoms with Crippen LogP contribution in [0.25, 0.3) is 0 Å². The van der Waals surface area contributed by atoms with E-state index in [1.807, 2.05) is 12.1 Å². The number of amides is 1. The molecular formula is C9H11ClN2O. The molecule has 0 spiro atoms. The number of anilines is 1. The molecule has 3 nitrogen and oxygen atoms in total. The molecule has 0 radical (unpaired) electrons. The number of nitrogens with two attached hydrogens (primary N) is 1. The van der Waals surface area contributed by atoms with E-state index in [1.54, 1.807) is 6.07 Å². The van der Waals surface area contributed by atoms with Crippen molar-refractivity contribution in [1.29, 1.82) is 0 Å². The minimum Gasteiger partial charge on any atom is -0.384 e. The van der Waals surface area contributed by atoms with Crippen molar-refractivity contribution in [1.82, 2.24) is 0 Å². The van der Waals surface area contributed by atoms with Gasteiger partial charge in [0.15, 0.2) is 0 Å². The first kappa shape index (κ1) is 9.86.